The van der Waals surface area contributed by atoms with Crippen LogP contribution in [-0.4, -0.2) is 24.1 Å². The smallest absolute Gasteiger partial charge is 0.338 e. The normalized spacial score (nSPS) is 14.1. The van der Waals surface area contributed by atoms with E-state index in [1.807, 2.05) is 24.3 Å². The van der Waals surface area contributed by atoms with Gasteiger partial charge in [0.25, 0.3) is 0 Å². The van der Waals surface area contributed by atoms with E-state index in [4.69, 9.17) is 4.74 Å². The summed E-state index contributed by atoms with van der Waals surface area (Å²) < 4.78 is 4.73. The van der Waals surface area contributed by atoms with Crippen molar-refractivity contribution < 1.29 is 19.4 Å². The van der Waals surface area contributed by atoms with Crippen LogP contribution < -0.4 is 4.90 Å². The molecule has 0 spiro atoms. The van der Waals surface area contributed by atoms with E-state index in [1.54, 1.807) is 29.2 Å². The monoisotopic (exact) mass is 351 g/mol. The Morgan fingerprint density at radius 1 is 1.12 bits per heavy atom. The Hall–Kier alpha value is -3.08. The number of nitrogens with zero attached hydrogens (tertiary/aromatic N) is 1. The summed E-state index contributed by atoms with van der Waals surface area (Å²) in [6.07, 6.45) is 0.742. The number of aliphatic hydroxyl groups excluding tert-OH is 1. The first-order valence-corrected chi connectivity index (χ1v) is 8.53. The largest absolute Gasteiger partial charge is 0.507 e. The molecule has 3 rings (SSSR count). The Morgan fingerprint density at radius 2 is 1.77 bits per heavy atom. The van der Waals surface area contributed by atoms with Crippen molar-refractivity contribution in [3.05, 3.63) is 70.8 Å². The Morgan fingerprint density at radius 3 is 2.42 bits per heavy atom. The van der Waals surface area contributed by atoms with Crippen LogP contribution in [-0.2, 0) is 27.3 Å². The molecule has 2 aromatic rings. The molecule has 1 aliphatic rings. The number of fused-ring (bicyclic) bond motifs is 1. The maximum Gasteiger partial charge on any atom is 0.338 e. The number of para-hydroxylation sites is 1. The van der Waals surface area contributed by atoms with Crippen LogP contribution in [0.4, 0.5) is 5.69 Å². The lowest BCUT2D eigenvalue weighted by Crippen LogP contribution is -2.30. The summed E-state index contributed by atoms with van der Waals surface area (Å²) in [6.45, 7) is 2.45. The van der Waals surface area contributed by atoms with Crippen LogP contribution >= 0.6 is 0 Å². The van der Waals surface area contributed by atoms with Gasteiger partial charge in [0.05, 0.1) is 31.3 Å². The zero-order valence-electron chi connectivity index (χ0n) is 14.9. The van der Waals surface area contributed by atoms with E-state index in [0.29, 0.717) is 17.8 Å². The summed E-state index contributed by atoms with van der Waals surface area (Å²) >= 11 is 0. The molecule has 1 N–H and O–H groups in total. The van der Waals surface area contributed by atoms with Crippen molar-refractivity contribution >= 4 is 23.3 Å². The van der Waals surface area contributed by atoms with Gasteiger partial charge in [0.15, 0.2) is 0 Å². The quantitative estimate of drug-likeness (QED) is 0.854. The van der Waals surface area contributed by atoms with Crippen molar-refractivity contribution in [3.63, 3.8) is 0 Å². The standard InChI is InChI=1S/C21H21NO4/c1-3-14-8-10-15(11-9-14)13-22-18-7-5-4-6-16(18)20(24)17(12-19(22)23)21(25)26-2/h4-11,24H,3,12-13H2,1-2H3. The Labute approximate surface area is 152 Å². The number of carbonyl (C=O) groups is 2. The first-order valence-electron chi connectivity index (χ1n) is 8.53. The molecule has 0 aliphatic carbocycles. The second-order valence-corrected chi connectivity index (χ2v) is 6.16. The fourth-order valence-corrected chi connectivity index (χ4v) is 3.06. The van der Waals surface area contributed by atoms with Crippen LogP contribution in [0.1, 0.15) is 30.0 Å². The highest BCUT2D eigenvalue weighted by Crippen LogP contribution is 2.34. The van der Waals surface area contributed by atoms with Gasteiger partial charge in [-0.2, -0.15) is 0 Å². The average molecular weight is 351 g/mol. The molecular weight excluding hydrogens is 330 g/mol. The lowest BCUT2D eigenvalue weighted by molar-refractivity contribution is -0.137. The summed E-state index contributed by atoms with van der Waals surface area (Å²) in [6, 6.07) is 15.1. The van der Waals surface area contributed by atoms with E-state index in [2.05, 4.69) is 6.92 Å². The van der Waals surface area contributed by atoms with Crippen LogP contribution in [0.3, 0.4) is 0 Å². The predicted molar refractivity (Wildman–Crippen MR) is 99.6 cm³/mol. The third kappa shape index (κ3) is 3.33. The Kier molecular flexibility index (Phi) is 5.07. The number of hydrogen-bond donors (Lipinski definition) is 1. The zero-order valence-corrected chi connectivity index (χ0v) is 14.9. The molecular formula is C21H21NO4. The van der Waals surface area contributed by atoms with Crippen molar-refractivity contribution in [1.29, 1.82) is 0 Å². The fourth-order valence-electron chi connectivity index (χ4n) is 3.06. The zero-order chi connectivity index (χ0) is 18.7. The summed E-state index contributed by atoms with van der Waals surface area (Å²) in [5, 5.41) is 10.6. The van der Waals surface area contributed by atoms with Gasteiger partial charge < -0.3 is 14.7 Å². The van der Waals surface area contributed by atoms with Crippen LogP contribution in [0, 0.1) is 0 Å². The van der Waals surface area contributed by atoms with Gasteiger partial charge in [-0.1, -0.05) is 43.3 Å². The van der Waals surface area contributed by atoms with Crippen LogP contribution in [0.2, 0.25) is 0 Å². The first kappa shape index (κ1) is 17.7. The number of methoxy groups -OCH3 is 1. The number of aliphatic hydroxyl groups is 1. The van der Waals surface area contributed by atoms with Crippen molar-refractivity contribution in [3.8, 4) is 0 Å². The van der Waals surface area contributed by atoms with Gasteiger partial charge in [0, 0.05) is 5.56 Å². The second kappa shape index (κ2) is 7.44. The molecule has 0 atom stereocenters. The van der Waals surface area contributed by atoms with E-state index >= 15 is 0 Å². The number of carbonyl (C=O) groups excluding carboxylic acids is 2. The van der Waals surface area contributed by atoms with Crippen molar-refractivity contribution in [2.24, 2.45) is 0 Å². The highest BCUT2D eigenvalue weighted by molar-refractivity contribution is 6.09. The number of hydrogen-bond acceptors (Lipinski definition) is 4. The molecule has 0 radical (unpaired) electrons. The number of amides is 1. The minimum absolute atomic E-state index is 0.0196. The molecule has 0 bridgehead atoms. The third-order valence-corrected chi connectivity index (χ3v) is 4.57. The molecule has 0 saturated heterocycles. The lowest BCUT2D eigenvalue weighted by atomic mass is 10.1. The summed E-state index contributed by atoms with van der Waals surface area (Å²) in [7, 11) is 1.23. The number of esters is 1. The number of ether oxygens (including phenoxy) is 1. The summed E-state index contributed by atoms with van der Waals surface area (Å²) in [4.78, 5) is 26.5. The van der Waals surface area contributed by atoms with Gasteiger partial charge in [-0.15, -0.1) is 0 Å². The highest BCUT2D eigenvalue weighted by atomic mass is 16.5. The van der Waals surface area contributed by atoms with E-state index < -0.39 is 5.97 Å². The molecule has 0 fully saturated rings. The van der Waals surface area contributed by atoms with Crippen LogP contribution in [0.15, 0.2) is 54.1 Å². The van der Waals surface area contributed by atoms with Gasteiger partial charge in [0.2, 0.25) is 5.91 Å². The van der Waals surface area contributed by atoms with Gasteiger partial charge in [-0.3, -0.25) is 4.79 Å². The SMILES string of the molecule is CCc1ccc(CN2C(=O)CC(C(=O)OC)=C(O)c3ccccc32)cc1. The molecule has 134 valence electrons. The van der Waals surface area contributed by atoms with Crippen LogP contribution in [0.25, 0.3) is 5.76 Å². The van der Waals surface area contributed by atoms with Crippen molar-refractivity contribution in [2.45, 2.75) is 26.3 Å². The lowest BCUT2D eigenvalue weighted by Gasteiger charge is -2.23. The maximum atomic E-state index is 12.9. The third-order valence-electron chi connectivity index (χ3n) is 4.57. The van der Waals surface area contributed by atoms with Crippen molar-refractivity contribution in [2.75, 3.05) is 12.0 Å². The first-order chi connectivity index (χ1) is 12.5. The molecule has 1 amide bonds. The molecule has 5 nitrogen and oxygen atoms in total. The summed E-state index contributed by atoms with van der Waals surface area (Å²) in [5.74, 6) is -1.16. The van der Waals surface area contributed by atoms with Gasteiger partial charge in [-0.25, -0.2) is 4.79 Å². The molecule has 0 saturated carbocycles. The highest BCUT2D eigenvalue weighted by Gasteiger charge is 2.31. The van der Waals surface area contributed by atoms with Gasteiger partial charge in [-0.05, 0) is 29.7 Å². The van der Waals surface area contributed by atoms with Gasteiger partial charge >= 0.3 is 5.97 Å². The minimum Gasteiger partial charge on any atom is -0.507 e. The number of rotatable bonds is 4. The molecule has 1 heterocycles. The average Bonchev–Trinajstić information content (AvgIpc) is 2.78. The molecule has 1 aliphatic heterocycles. The van der Waals surface area contributed by atoms with E-state index in [1.165, 1.54) is 12.7 Å². The second-order valence-electron chi connectivity index (χ2n) is 6.16. The van der Waals surface area contributed by atoms with E-state index in [9.17, 15) is 14.7 Å². The van der Waals surface area contributed by atoms with Gasteiger partial charge in [0.1, 0.15) is 5.76 Å². The molecule has 0 aromatic heterocycles. The maximum absolute atomic E-state index is 12.9. The van der Waals surface area contributed by atoms with Crippen LogP contribution in [0.5, 0.6) is 0 Å². The van der Waals surface area contributed by atoms with Crippen molar-refractivity contribution in [1.82, 2.24) is 0 Å². The summed E-state index contributed by atoms with van der Waals surface area (Å²) in [5.41, 5.74) is 3.21. The van der Waals surface area contributed by atoms with E-state index in [0.717, 1.165) is 12.0 Å². The molecule has 0 unspecified atom stereocenters. The molecule has 2 aromatic carbocycles. The van der Waals surface area contributed by atoms with E-state index in [-0.39, 0.29) is 23.7 Å². The number of anilines is 1. The fraction of sp³-hybridized carbons (Fsp3) is 0.238. The Balaban J connectivity index is 2.01. The minimum atomic E-state index is -0.695. The number of aryl methyl sites for hydroxylation is 1. The molecule has 5 heteroatoms. The Bertz CT molecular complexity index is 868. The number of benzene rings is 2. The predicted octanol–water partition coefficient (Wildman–Crippen LogP) is 3.63. The molecule has 26 heavy (non-hydrogen) atoms. The topological polar surface area (TPSA) is 66.8 Å².